The molecule has 0 spiro atoms. The molecule has 0 unspecified atom stereocenters. The largest absolute Gasteiger partial charge is 0.483 e. The van der Waals surface area contributed by atoms with E-state index in [1.807, 2.05) is 63.2 Å². The summed E-state index contributed by atoms with van der Waals surface area (Å²) in [4.78, 5) is 26.6. The number of hydrogen-bond donors (Lipinski definition) is 1. The topological polar surface area (TPSA) is 58.6 Å². The number of ether oxygens (including phenoxy) is 1. The van der Waals surface area contributed by atoms with Gasteiger partial charge in [-0.05, 0) is 50.5 Å². The zero-order valence-corrected chi connectivity index (χ0v) is 16.7. The highest BCUT2D eigenvalue weighted by atomic mass is 16.5. The molecular formula is C22H28N2O3. The quantitative estimate of drug-likeness (QED) is 0.817. The van der Waals surface area contributed by atoms with Crippen molar-refractivity contribution in [3.8, 4) is 5.75 Å². The van der Waals surface area contributed by atoms with Gasteiger partial charge in [0.25, 0.3) is 5.91 Å². The second-order valence-corrected chi connectivity index (χ2v) is 6.79. The summed E-state index contributed by atoms with van der Waals surface area (Å²) in [6, 6.07) is 13.1. The molecule has 0 radical (unpaired) electrons. The van der Waals surface area contributed by atoms with Gasteiger partial charge in [0, 0.05) is 13.6 Å². The van der Waals surface area contributed by atoms with Crippen LogP contribution in [0.2, 0.25) is 0 Å². The van der Waals surface area contributed by atoms with Crippen molar-refractivity contribution in [3.05, 3.63) is 64.7 Å². The summed E-state index contributed by atoms with van der Waals surface area (Å²) in [7, 11) is 1.57. The molecule has 2 aromatic rings. The molecule has 0 aliphatic heterocycles. The van der Waals surface area contributed by atoms with Gasteiger partial charge in [0.1, 0.15) is 11.8 Å². The maximum Gasteiger partial charge on any atom is 0.261 e. The molecule has 2 amide bonds. The minimum atomic E-state index is -0.592. The van der Waals surface area contributed by atoms with Gasteiger partial charge in [0.2, 0.25) is 5.91 Å². The molecule has 0 heterocycles. The van der Waals surface area contributed by atoms with Crippen LogP contribution in [0.5, 0.6) is 5.75 Å². The number of amides is 2. The lowest BCUT2D eigenvalue weighted by Gasteiger charge is -2.28. The normalized spacial score (nSPS) is 11.6. The number of carbonyl (C=O) groups is 2. The molecule has 0 saturated heterocycles. The lowest BCUT2D eigenvalue weighted by atomic mass is 10.1. The summed E-state index contributed by atoms with van der Waals surface area (Å²) in [6.45, 7) is 7.93. The Labute approximate surface area is 161 Å². The summed E-state index contributed by atoms with van der Waals surface area (Å²) in [5, 5.41) is 2.61. The van der Waals surface area contributed by atoms with Gasteiger partial charge in [-0.15, -0.1) is 0 Å². The standard InChI is InChI=1S/C22H28N2O3/c1-15-8-6-10-19(12-15)13-24(18(4)22(26)23-5)21(25)14-27-20-11-7-9-16(2)17(20)3/h6-12,18H,13-14H2,1-5H3,(H,23,26)/t18-/m1/s1. The highest BCUT2D eigenvalue weighted by Crippen LogP contribution is 2.21. The zero-order chi connectivity index (χ0) is 20.0. The first-order valence-electron chi connectivity index (χ1n) is 9.09. The molecule has 0 fully saturated rings. The maximum absolute atomic E-state index is 12.9. The van der Waals surface area contributed by atoms with Crippen molar-refractivity contribution in [2.45, 2.75) is 40.3 Å². The van der Waals surface area contributed by atoms with Crippen molar-refractivity contribution in [2.75, 3.05) is 13.7 Å². The van der Waals surface area contributed by atoms with Gasteiger partial charge in [0.05, 0.1) is 0 Å². The molecule has 1 atom stereocenters. The first-order valence-corrected chi connectivity index (χ1v) is 9.09. The second-order valence-electron chi connectivity index (χ2n) is 6.79. The first-order chi connectivity index (χ1) is 12.8. The highest BCUT2D eigenvalue weighted by molar-refractivity contribution is 5.87. The van der Waals surface area contributed by atoms with E-state index in [1.165, 1.54) is 0 Å². The molecule has 2 aromatic carbocycles. The number of carbonyl (C=O) groups excluding carboxylic acids is 2. The fourth-order valence-corrected chi connectivity index (χ4v) is 2.90. The second kappa shape index (κ2) is 9.21. The molecule has 5 nitrogen and oxygen atoms in total. The Morgan fingerprint density at radius 1 is 1.11 bits per heavy atom. The van der Waals surface area contributed by atoms with Crippen molar-refractivity contribution in [2.24, 2.45) is 0 Å². The number of rotatable bonds is 7. The summed E-state index contributed by atoms with van der Waals surface area (Å²) in [6.07, 6.45) is 0. The van der Waals surface area contributed by atoms with E-state index in [2.05, 4.69) is 5.32 Å². The number of likely N-dealkylation sites (N-methyl/N-ethyl adjacent to an activating group) is 1. The monoisotopic (exact) mass is 368 g/mol. The van der Waals surface area contributed by atoms with Gasteiger partial charge in [-0.3, -0.25) is 9.59 Å². The van der Waals surface area contributed by atoms with Gasteiger partial charge < -0.3 is 15.0 Å². The molecule has 0 bridgehead atoms. The van der Waals surface area contributed by atoms with Gasteiger partial charge in [-0.1, -0.05) is 42.0 Å². The van der Waals surface area contributed by atoms with Crippen LogP contribution < -0.4 is 10.1 Å². The minimum absolute atomic E-state index is 0.114. The fourth-order valence-electron chi connectivity index (χ4n) is 2.90. The van der Waals surface area contributed by atoms with E-state index in [0.29, 0.717) is 12.3 Å². The molecule has 0 aliphatic rings. The molecule has 0 aromatic heterocycles. The van der Waals surface area contributed by atoms with Crippen molar-refractivity contribution in [3.63, 3.8) is 0 Å². The number of aryl methyl sites for hydroxylation is 2. The minimum Gasteiger partial charge on any atom is -0.483 e. The van der Waals surface area contributed by atoms with Crippen molar-refractivity contribution >= 4 is 11.8 Å². The molecular weight excluding hydrogens is 340 g/mol. The van der Waals surface area contributed by atoms with Crippen molar-refractivity contribution in [1.82, 2.24) is 10.2 Å². The third-order valence-electron chi connectivity index (χ3n) is 4.76. The number of benzene rings is 2. The molecule has 2 rings (SSSR count). The lowest BCUT2D eigenvalue weighted by molar-refractivity contribution is -0.142. The van der Waals surface area contributed by atoms with E-state index in [-0.39, 0.29) is 18.4 Å². The number of nitrogens with zero attached hydrogens (tertiary/aromatic N) is 1. The lowest BCUT2D eigenvalue weighted by Crippen LogP contribution is -2.48. The third-order valence-corrected chi connectivity index (χ3v) is 4.76. The van der Waals surface area contributed by atoms with Gasteiger partial charge >= 0.3 is 0 Å². The van der Waals surface area contributed by atoms with Crippen LogP contribution in [0.4, 0.5) is 0 Å². The Bertz CT molecular complexity index is 817. The van der Waals surface area contributed by atoms with Crippen LogP contribution in [0.15, 0.2) is 42.5 Å². The van der Waals surface area contributed by atoms with E-state index in [0.717, 1.165) is 22.3 Å². The third kappa shape index (κ3) is 5.33. The Kier molecular flexibility index (Phi) is 6.99. The van der Waals surface area contributed by atoms with E-state index < -0.39 is 6.04 Å². The zero-order valence-electron chi connectivity index (χ0n) is 16.7. The van der Waals surface area contributed by atoms with Crippen LogP contribution in [0.1, 0.15) is 29.2 Å². The Morgan fingerprint density at radius 3 is 2.48 bits per heavy atom. The van der Waals surface area contributed by atoms with Crippen LogP contribution in [-0.2, 0) is 16.1 Å². The predicted octanol–water partition coefficient (Wildman–Crippen LogP) is 3.15. The summed E-state index contributed by atoms with van der Waals surface area (Å²) in [5.41, 5.74) is 4.20. The molecule has 5 heteroatoms. The summed E-state index contributed by atoms with van der Waals surface area (Å²) >= 11 is 0. The summed E-state index contributed by atoms with van der Waals surface area (Å²) < 4.78 is 5.76. The van der Waals surface area contributed by atoms with Crippen LogP contribution >= 0.6 is 0 Å². The molecule has 0 aliphatic carbocycles. The van der Waals surface area contributed by atoms with Gasteiger partial charge in [-0.25, -0.2) is 0 Å². The van der Waals surface area contributed by atoms with Crippen molar-refractivity contribution < 1.29 is 14.3 Å². The highest BCUT2D eigenvalue weighted by Gasteiger charge is 2.26. The average Bonchev–Trinajstić information content (AvgIpc) is 2.66. The summed E-state index contributed by atoms with van der Waals surface area (Å²) in [5.74, 6) is 0.253. The van der Waals surface area contributed by atoms with E-state index >= 15 is 0 Å². The van der Waals surface area contributed by atoms with Gasteiger partial charge in [0.15, 0.2) is 6.61 Å². The number of nitrogens with one attached hydrogen (secondary N) is 1. The van der Waals surface area contributed by atoms with E-state index in [4.69, 9.17) is 4.74 Å². The molecule has 0 saturated carbocycles. The molecule has 144 valence electrons. The Hall–Kier alpha value is -2.82. The van der Waals surface area contributed by atoms with Crippen LogP contribution in [-0.4, -0.2) is 36.4 Å². The van der Waals surface area contributed by atoms with E-state index in [9.17, 15) is 9.59 Å². The number of hydrogen-bond acceptors (Lipinski definition) is 3. The van der Waals surface area contributed by atoms with Crippen LogP contribution in [0.25, 0.3) is 0 Å². The first kappa shape index (κ1) is 20.5. The van der Waals surface area contributed by atoms with Crippen LogP contribution in [0, 0.1) is 20.8 Å². The SMILES string of the molecule is CNC(=O)[C@@H](C)N(Cc1cccc(C)c1)C(=O)COc1cccc(C)c1C. The molecule has 27 heavy (non-hydrogen) atoms. The average molecular weight is 368 g/mol. The van der Waals surface area contributed by atoms with Gasteiger partial charge in [-0.2, -0.15) is 0 Å². The predicted molar refractivity (Wildman–Crippen MR) is 107 cm³/mol. The van der Waals surface area contributed by atoms with E-state index in [1.54, 1.807) is 18.9 Å². The van der Waals surface area contributed by atoms with Crippen molar-refractivity contribution in [1.29, 1.82) is 0 Å². The smallest absolute Gasteiger partial charge is 0.261 e. The Balaban J connectivity index is 2.17. The van der Waals surface area contributed by atoms with Crippen LogP contribution in [0.3, 0.4) is 0 Å². The fraction of sp³-hybridized carbons (Fsp3) is 0.364. The molecule has 1 N–H and O–H groups in total. The Morgan fingerprint density at radius 2 is 1.81 bits per heavy atom. The maximum atomic E-state index is 12.9.